The van der Waals surface area contributed by atoms with Crippen LogP contribution in [0.5, 0.6) is 0 Å². The Balaban J connectivity index is 1.66. The van der Waals surface area contributed by atoms with Crippen LogP contribution in [0.1, 0.15) is 11.3 Å². The third-order valence-electron chi connectivity index (χ3n) is 5.15. The SMILES string of the molecule is Brc1ccc(-c2ccc(-n3c4c(c5ccccc53)CC=CC=C4)cc2)cc1. The van der Waals surface area contributed by atoms with Crippen molar-refractivity contribution < 1.29 is 0 Å². The summed E-state index contributed by atoms with van der Waals surface area (Å²) >= 11 is 3.51. The summed E-state index contributed by atoms with van der Waals surface area (Å²) in [4.78, 5) is 0. The van der Waals surface area contributed by atoms with Crippen LogP contribution in [0.4, 0.5) is 0 Å². The maximum Gasteiger partial charge on any atom is 0.0537 e. The predicted molar refractivity (Wildman–Crippen MR) is 118 cm³/mol. The second-order valence-electron chi connectivity index (χ2n) is 6.76. The number of rotatable bonds is 2. The molecule has 0 unspecified atom stereocenters. The summed E-state index contributed by atoms with van der Waals surface area (Å²) in [7, 11) is 0. The maximum atomic E-state index is 3.51. The lowest BCUT2D eigenvalue weighted by Gasteiger charge is -2.11. The van der Waals surface area contributed by atoms with Crippen LogP contribution in [0.2, 0.25) is 0 Å². The Kier molecular flexibility index (Phi) is 4.06. The molecule has 0 radical (unpaired) electrons. The molecule has 0 N–H and O–H groups in total. The smallest absolute Gasteiger partial charge is 0.0537 e. The third-order valence-corrected chi connectivity index (χ3v) is 5.68. The molecule has 1 aromatic heterocycles. The van der Waals surface area contributed by atoms with Crippen molar-refractivity contribution in [2.45, 2.75) is 6.42 Å². The molecule has 4 aromatic rings. The van der Waals surface area contributed by atoms with Gasteiger partial charge in [-0.05, 0) is 59.5 Å². The Hall–Kier alpha value is -2.84. The minimum absolute atomic E-state index is 0.965. The molecule has 0 spiro atoms. The zero-order valence-corrected chi connectivity index (χ0v) is 16.4. The molecule has 3 aromatic carbocycles. The number of hydrogen-bond donors (Lipinski definition) is 0. The molecule has 5 rings (SSSR count). The second-order valence-corrected chi connectivity index (χ2v) is 7.68. The van der Waals surface area contributed by atoms with Crippen LogP contribution >= 0.6 is 15.9 Å². The van der Waals surface area contributed by atoms with Gasteiger partial charge in [-0.2, -0.15) is 0 Å². The summed E-state index contributed by atoms with van der Waals surface area (Å²) in [5, 5.41) is 1.33. The Labute approximate surface area is 167 Å². The highest BCUT2D eigenvalue weighted by molar-refractivity contribution is 9.10. The first-order valence-corrected chi connectivity index (χ1v) is 9.92. The van der Waals surface area contributed by atoms with Gasteiger partial charge in [0.1, 0.15) is 0 Å². The van der Waals surface area contributed by atoms with Crippen LogP contribution in [0.15, 0.2) is 95.5 Å². The van der Waals surface area contributed by atoms with Crippen molar-refractivity contribution in [2.24, 2.45) is 0 Å². The van der Waals surface area contributed by atoms with Crippen LogP contribution in [0, 0.1) is 0 Å². The zero-order valence-electron chi connectivity index (χ0n) is 14.8. The molecule has 2 heteroatoms. The lowest BCUT2D eigenvalue weighted by atomic mass is 10.1. The quantitative estimate of drug-likeness (QED) is 0.329. The molecular formula is C25H18BrN. The van der Waals surface area contributed by atoms with E-state index in [4.69, 9.17) is 0 Å². The van der Waals surface area contributed by atoms with Crippen molar-refractivity contribution in [3.05, 3.63) is 107 Å². The number of allylic oxidation sites excluding steroid dienone is 3. The zero-order chi connectivity index (χ0) is 18.2. The van der Waals surface area contributed by atoms with Gasteiger partial charge in [0.25, 0.3) is 0 Å². The van der Waals surface area contributed by atoms with Gasteiger partial charge in [0.15, 0.2) is 0 Å². The fraction of sp³-hybridized carbons (Fsp3) is 0.0400. The van der Waals surface area contributed by atoms with E-state index in [0.29, 0.717) is 0 Å². The number of benzene rings is 3. The van der Waals surface area contributed by atoms with E-state index in [9.17, 15) is 0 Å². The van der Waals surface area contributed by atoms with Crippen LogP contribution in [0.3, 0.4) is 0 Å². The molecule has 0 saturated heterocycles. The van der Waals surface area contributed by atoms with E-state index in [0.717, 1.165) is 10.9 Å². The fourth-order valence-corrected chi connectivity index (χ4v) is 4.12. The van der Waals surface area contributed by atoms with Gasteiger partial charge in [0.05, 0.1) is 11.2 Å². The lowest BCUT2D eigenvalue weighted by Crippen LogP contribution is -1.97. The third kappa shape index (κ3) is 2.87. The summed E-state index contributed by atoms with van der Waals surface area (Å²) < 4.78 is 3.48. The molecule has 0 amide bonds. The van der Waals surface area contributed by atoms with Gasteiger partial charge < -0.3 is 4.57 Å². The van der Waals surface area contributed by atoms with Gasteiger partial charge >= 0.3 is 0 Å². The van der Waals surface area contributed by atoms with E-state index in [1.807, 2.05) is 0 Å². The Morgan fingerprint density at radius 1 is 0.741 bits per heavy atom. The van der Waals surface area contributed by atoms with E-state index < -0.39 is 0 Å². The topological polar surface area (TPSA) is 4.93 Å². The van der Waals surface area contributed by atoms with Crippen molar-refractivity contribution in [3.8, 4) is 16.8 Å². The molecule has 0 fully saturated rings. The molecule has 0 saturated carbocycles. The van der Waals surface area contributed by atoms with Gasteiger partial charge in [0, 0.05) is 15.5 Å². The van der Waals surface area contributed by atoms with Gasteiger partial charge in [0.2, 0.25) is 0 Å². The van der Waals surface area contributed by atoms with Gasteiger partial charge in [-0.25, -0.2) is 0 Å². The minimum atomic E-state index is 0.965. The van der Waals surface area contributed by atoms with E-state index >= 15 is 0 Å². The molecular weight excluding hydrogens is 394 g/mol. The van der Waals surface area contributed by atoms with Crippen molar-refractivity contribution in [2.75, 3.05) is 0 Å². The monoisotopic (exact) mass is 411 g/mol. The first kappa shape index (κ1) is 16.3. The van der Waals surface area contributed by atoms with Crippen LogP contribution in [-0.4, -0.2) is 4.57 Å². The highest BCUT2D eigenvalue weighted by atomic mass is 79.9. The minimum Gasteiger partial charge on any atom is -0.310 e. The highest BCUT2D eigenvalue weighted by Crippen LogP contribution is 2.33. The fourth-order valence-electron chi connectivity index (χ4n) is 3.85. The summed E-state index contributed by atoms with van der Waals surface area (Å²) in [5.74, 6) is 0. The van der Waals surface area contributed by atoms with E-state index in [1.54, 1.807) is 0 Å². The van der Waals surface area contributed by atoms with Crippen LogP contribution in [-0.2, 0) is 6.42 Å². The highest BCUT2D eigenvalue weighted by Gasteiger charge is 2.16. The number of fused-ring (bicyclic) bond motifs is 3. The molecule has 1 aliphatic carbocycles. The number of para-hydroxylation sites is 1. The van der Waals surface area contributed by atoms with E-state index in [2.05, 4.69) is 118 Å². The first-order chi connectivity index (χ1) is 13.3. The molecule has 1 heterocycles. The number of nitrogens with zero attached hydrogens (tertiary/aromatic N) is 1. The Bertz CT molecular complexity index is 1180. The first-order valence-electron chi connectivity index (χ1n) is 9.13. The standard InChI is InChI=1S/C25H18BrN/c26-20-14-10-18(11-15-20)19-12-16-21(17-13-19)27-24-8-3-1-2-6-22(24)23-7-4-5-9-25(23)27/h1-5,7-17H,6H2. The summed E-state index contributed by atoms with van der Waals surface area (Å²) in [6.07, 6.45) is 9.69. The van der Waals surface area contributed by atoms with Gasteiger partial charge in [-0.15, -0.1) is 0 Å². The lowest BCUT2D eigenvalue weighted by molar-refractivity contribution is 1.09. The average Bonchev–Trinajstić information content (AvgIpc) is 2.85. The Morgan fingerprint density at radius 2 is 1.44 bits per heavy atom. The molecule has 27 heavy (non-hydrogen) atoms. The largest absolute Gasteiger partial charge is 0.310 e. The van der Waals surface area contributed by atoms with Crippen molar-refractivity contribution in [3.63, 3.8) is 0 Å². The molecule has 0 bridgehead atoms. The van der Waals surface area contributed by atoms with Crippen molar-refractivity contribution in [1.29, 1.82) is 0 Å². The molecule has 0 atom stereocenters. The van der Waals surface area contributed by atoms with E-state index in [-0.39, 0.29) is 0 Å². The Morgan fingerprint density at radius 3 is 2.22 bits per heavy atom. The maximum absolute atomic E-state index is 3.51. The number of aromatic nitrogens is 1. The summed E-state index contributed by atoms with van der Waals surface area (Å²) in [5.41, 5.74) is 7.58. The number of hydrogen-bond acceptors (Lipinski definition) is 0. The average molecular weight is 412 g/mol. The predicted octanol–water partition coefficient (Wildman–Crippen LogP) is 7.19. The molecule has 0 aliphatic heterocycles. The second kappa shape index (κ2) is 6.71. The molecule has 130 valence electrons. The normalized spacial score (nSPS) is 12.9. The van der Waals surface area contributed by atoms with E-state index in [1.165, 1.54) is 39.0 Å². The van der Waals surface area contributed by atoms with Crippen LogP contribution in [0.25, 0.3) is 33.8 Å². The van der Waals surface area contributed by atoms with Gasteiger partial charge in [-0.1, -0.05) is 76.6 Å². The van der Waals surface area contributed by atoms with Crippen molar-refractivity contribution in [1.82, 2.24) is 4.57 Å². The summed E-state index contributed by atoms with van der Waals surface area (Å²) in [6, 6.07) is 26.0. The molecule has 1 nitrogen and oxygen atoms in total. The number of halogens is 1. The van der Waals surface area contributed by atoms with Crippen molar-refractivity contribution >= 4 is 32.9 Å². The van der Waals surface area contributed by atoms with Crippen LogP contribution < -0.4 is 0 Å². The van der Waals surface area contributed by atoms with Gasteiger partial charge in [-0.3, -0.25) is 0 Å². The molecule has 1 aliphatic rings. The summed E-state index contributed by atoms with van der Waals surface area (Å²) in [6.45, 7) is 0.